The molecule has 2 aromatic rings. The van der Waals surface area contributed by atoms with Gasteiger partial charge in [0.25, 0.3) is 15.8 Å². The van der Waals surface area contributed by atoms with Crippen molar-refractivity contribution < 1.29 is 31.2 Å². The molecule has 0 spiro atoms. The van der Waals surface area contributed by atoms with Crippen LogP contribution < -0.4 is 9.62 Å². The number of allylic oxidation sites excluding steroid dienone is 1. The van der Waals surface area contributed by atoms with Crippen LogP contribution in [0.15, 0.2) is 65.7 Å². The molecule has 154 valence electrons. The predicted octanol–water partition coefficient (Wildman–Crippen LogP) is 3.85. The molecule has 0 aliphatic heterocycles. The van der Waals surface area contributed by atoms with Crippen LogP contribution in [0.25, 0.3) is 0 Å². The van der Waals surface area contributed by atoms with Crippen molar-refractivity contribution in [3.05, 3.63) is 71.9 Å². The molecule has 0 aliphatic carbocycles. The fourth-order valence-electron chi connectivity index (χ4n) is 2.15. The maximum atomic E-state index is 12.5. The Morgan fingerprint density at radius 2 is 1.41 bits per heavy atom. The number of rotatable bonds is 5. The number of nitrogens with one attached hydrogen (secondary N) is 1. The minimum atomic E-state index is -5.13. The number of amides is 2. The number of anilines is 1. The first kappa shape index (κ1) is 22.2. The van der Waals surface area contributed by atoms with E-state index in [2.05, 4.69) is 0 Å². The Kier molecular flexibility index (Phi) is 6.48. The molecule has 2 aromatic carbocycles. The standard InChI is InChI=1S/C19H17F3N2O4S/c1-13-3-7-15(8-4-13)24(12-11-17(25)19(20,21)22)18(26)23-29(27,28)16-9-5-14(2)6-10-16/h3-12H,1-2H3,(H,23,26)/b12-11+. The fourth-order valence-corrected chi connectivity index (χ4v) is 3.09. The largest absolute Gasteiger partial charge is 0.454 e. The summed E-state index contributed by atoms with van der Waals surface area (Å²) in [6.07, 6.45) is -4.40. The van der Waals surface area contributed by atoms with Crippen molar-refractivity contribution in [2.45, 2.75) is 24.9 Å². The third kappa shape index (κ3) is 5.92. The van der Waals surface area contributed by atoms with Crippen LogP contribution in [0, 0.1) is 13.8 Å². The molecule has 0 unspecified atom stereocenters. The zero-order chi connectivity index (χ0) is 21.8. The lowest BCUT2D eigenvalue weighted by Crippen LogP contribution is -2.40. The molecule has 0 fully saturated rings. The van der Waals surface area contributed by atoms with Gasteiger partial charge in [0.2, 0.25) is 0 Å². The molecule has 6 nitrogen and oxygen atoms in total. The number of carbonyl (C=O) groups is 2. The molecule has 10 heteroatoms. The Morgan fingerprint density at radius 1 is 0.931 bits per heavy atom. The van der Waals surface area contributed by atoms with Gasteiger partial charge in [-0.3, -0.25) is 9.69 Å². The number of halogens is 3. The van der Waals surface area contributed by atoms with Crippen molar-refractivity contribution in [1.29, 1.82) is 0 Å². The van der Waals surface area contributed by atoms with Gasteiger partial charge in [-0.15, -0.1) is 0 Å². The predicted molar refractivity (Wildman–Crippen MR) is 101 cm³/mol. The number of ketones is 1. The van der Waals surface area contributed by atoms with E-state index in [1.54, 1.807) is 30.7 Å². The van der Waals surface area contributed by atoms with Crippen LogP contribution in [0.2, 0.25) is 0 Å². The van der Waals surface area contributed by atoms with E-state index < -0.39 is 28.0 Å². The second-order valence-electron chi connectivity index (χ2n) is 6.11. The van der Waals surface area contributed by atoms with Gasteiger partial charge in [-0.25, -0.2) is 17.9 Å². The van der Waals surface area contributed by atoms with Crippen LogP contribution in [-0.4, -0.2) is 26.4 Å². The summed E-state index contributed by atoms with van der Waals surface area (Å²) in [5.41, 5.74) is 1.67. The molecule has 2 rings (SSSR count). The van der Waals surface area contributed by atoms with Gasteiger partial charge in [0.05, 0.1) is 10.6 Å². The number of hydrogen-bond donors (Lipinski definition) is 1. The molecular weight excluding hydrogens is 409 g/mol. The van der Waals surface area contributed by atoms with Crippen molar-refractivity contribution in [1.82, 2.24) is 4.72 Å². The maximum absolute atomic E-state index is 12.5. The van der Waals surface area contributed by atoms with Crippen LogP contribution in [0.3, 0.4) is 0 Å². The number of urea groups is 1. The fraction of sp³-hybridized carbons (Fsp3) is 0.158. The van der Waals surface area contributed by atoms with Crippen molar-refractivity contribution in [3.63, 3.8) is 0 Å². The van der Waals surface area contributed by atoms with E-state index in [1.807, 2.05) is 0 Å². The summed E-state index contributed by atoms with van der Waals surface area (Å²) in [6, 6.07) is 10.3. The smallest absolute Gasteiger partial charge is 0.285 e. The SMILES string of the molecule is Cc1ccc(N(/C=C/C(=O)C(F)(F)F)C(=O)NS(=O)(=O)c2ccc(C)cc2)cc1. The summed E-state index contributed by atoms with van der Waals surface area (Å²) in [6.45, 7) is 3.50. The first-order valence-electron chi connectivity index (χ1n) is 8.19. The molecule has 0 atom stereocenters. The number of carbonyl (C=O) groups excluding carboxylic acids is 2. The summed E-state index contributed by atoms with van der Waals surface area (Å²) in [4.78, 5) is 24.1. The average molecular weight is 426 g/mol. The number of alkyl halides is 3. The molecule has 1 N–H and O–H groups in total. The zero-order valence-corrected chi connectivity index (χ0v) is 16.2. The van der Waals surface area contributed by atoms with Crippen LogP contribution in [0.1, 0.15) is 11.1 Å². The zero-order valence-electron chi connectivity index (χ0n) is 15.4. The molecule has 0 saturated heterocycles. The molecule has 2 amide bonds. The van der Waals surface area contributed by atoms with E-state index in [1.165, 1.54) is 36.4 Å². The number of aryl methyl sites for hydroxylation is 2. The van der Waals surface area contributed by atoms with Crippen molar-refractivity contribution >= 4 is 27.5 Å². The van der Waals surface area contributed by atoms with E-state index in [9.17, 15) is 31.2 Å². The topological polar surface area (TPSA) is 83.6 Å². The van der Waals surface area contributed by atoms with E-state index >= 15 is 0 Å². The third-order valence-electron chi connectivity index (χ3n) is 3.74. The van der Waals surface area contributed by atoms with Crippen molar-refractivity contribution in [2.75, 3.05) is 4.90 Å². The molecule has 0 saturated carbocycles. The Labute approximate surface area is 165 Å². The molecule has 29 heavy (non-hydrogen) atoms. The first-order chi connectivity index (χ1) is 13.4. The number of hydrogen-bond acceptors (Lipinski definition) is 4. The Hall–Kier alpha value is -3.14. The van der Waals surface area contributed by atoms with Gasteiger partial charge >= 0.3 is 12.2 Å². The second kappa shape index (κ2) is 8.48. The monoisotopic (exact) mass is 426 g/mol. The Balaban J connectivity index is 2.35. The molecule has 0 aromatic heterocycles. The van der Waals surface area contributed by atoms with Gasteiger partial charge in [0, 0.05) is 12.3 Å². The average Bonchev–Trinajstić information content (AvgIpc) is 2.62. The normalized spacial score (nSPS) is 12.0. The summed E-state index contributed by atoms with van der Waals surface area (Å²) < 4.78 is 64.0. The summed E-state index contributed by atoms with van der Waals surface area (Å²) >= 11 is 0. The lowest BCUT2D eigenvalue weighted by molar-refractivity contribution is -0.165. The van der Waals surface area contributed by atoms with Crippen LogP contribution in [0.5, 0.6) is 0 Å². The van der Waals surface area contributed by atoms with Gasteiger partial charge in [0.1, 0.15) is 0 Å². The van der Waals surface area contributed by atoms with Crippen LogP contribution in [-0.2, 0) is 14.8 Å². The summed E-state index contributed by atoms with van der Waals surface area (Å²) in [7, 11) is -4.29. The summed E-state index contributed by atoms with van der Waals surface area (Å²) in [5.74, 6) is -2.19. The number of nitrogens with zero attached hydrogens (tertiary/aromatic N) is 1. The van der Waals surface area contributed by atoms with Crippen molar-refractivity contribution in [3.8, 4) is 0 Å². The van der Waals surface area contributed by atoms with Gasteiger partial charge in [-0.1, -0.05) is 35.4 Å². The highest BCUT2D eigenvalue weighted by atomic mass is 32.2. The lowest BCUT2D eigenvalue weighted by atomic mass is 10.2. The lowest BCUT2D eigenvalue weighted by Gasteiger charge is -2.19. The minimum absolute atomic E-state index is 0.0680. The molecule has 0 bridgehead atoms. The van der Waals surface area contributed by atoms with Crippen LogP contribution >= 0.6 is 0 Å². The Bertz CT molecular complexity index is 1030. The van der Waals surface area contributed by atoms with E-state index in [0.717, 1.165) is 11.1 Å². The highest BCUT2D eigenvalue weighted by molar-refractivity contribution is 7.90. The van der Waals surface area contributed by atoms with E-state index in [-0.39, 0.29) is 16.7 Å². The first-order valence-corrected chi connectivity index (χ1v) is 9.67. The summed E-state index contributed by atoms with van der Waals surface area (Å²) in [5, 5.41) is 0. The molecule has 0 aliphatic rings. The van der Waals surface area contributed by atoms with Gasteiger partial charge in [-0.05, 0) is 38.1 Å². The molecule has 0 radical (unpaired) electrons. The van der Waals surface area contributed by atoms with Crippen LogP contribution in [0.4, 0.5) is 23.7 Å². The second-order valence-corrected chi connectivity index (χ2v) is 7.79. The van der Waals surface area contributed by atoms with Gasteiger partial charge < -0.3 is 0 Å². The maximum Gasteiger partial charge on any atom is 0.454 e. The minimum Gasteiger partial charge on any atom is -0.285 e. The highest BCUT2D eigenvalue weighted by Gasteiger charge is 2.36. The van der Waals surface area contributed by atoms with Crippen molar-refractivity contribution in [2.24, 2.45) is 0 Å². The van der Waals surface area contributed by atoms with Gasteiger partial charge in [-0.2, -0.15) is 13.2 Å². The molecule has 0 heterocycles. The van der Waals surface area contributed by atoms with E-state index in [0.29, 0.717) is 11.1 Å². The Morgan fingerprint density at radius 3 is 1.90 bits per heavy atom. The number of sulfonamides is 1. The number of benzene rings is 2. The van der Waals surface area contributed by atoms with E-state index in [4.69, 9.17) is 0 Å². The van der Waals surface area contributed by atoms with Gasteiger partial charge in [0.15, 0.2) is 0 Å². The third-order valence-corrected chi connectivity index (χ3v) is 5.07. The highest BCUT2D eigenvalue weighted by Crippen LogP contribution is 2.20. The molecular formula is C19H17F3N2O4S. The quantitative estimate of drug-likeness (QED) is 0.736.